The lowest BCUT2D eigenvalue weighted by Gasteiger charge is -2.27. The van der Waals surface area contributed by atoms with Gasteiger partial charge in [0.05, 0.1) is 10.9 Å². The van der Waals surface area contributed by atoms with Crippen LogP contribution in [-0.2, 0) is 14.4 Å². The van der Waals surface area contributed by atoms with E-state index >= 15 is 0 Å². The van der Waals surface area contributed by atoms with Gasteiger partial charge in [0.25, 0.3) is 5.91 Å². The number of aliphatic imine (C=N–C) groups is 2. The van der Waals surface area contributed by atoms with E-state index in [1.54, 1.807) is 18.2 Å². The summed E-state index contributed by atoms with van der Waals surface area (Å²) in [6.45, 7) is 4.76. The van der Waals surface area contributed by atoms with Gasteiger partial charge in [-0.15, -0.1) is 0 Å². The van der Waals surface area contributed by atoms with Gasteiger partial charge in [0.1, 0.15) is 11.9 Å². The average molecular weight is 550 g/mol. The van der Waals surface area contributed by atoms with Crippen LogP contribution in [0.1, 0.15) is 51.5 Å². The van der Waals surface area contributed by atoms with E-state index in [2.05, 4.69) is 17.6 Å². The molecule has 204 valence electrons. The number of ether oxygens (including phenoxy) is 2. The lowest BCUT2D eigenvalue weighted by molar-refractivity contribution is -0.125. The van der Waals surface area contributed by atoms with Crippen LogP contribution in [0.15, 0.2) is 52.4 Å². The summed E-state index contributed by atoms with van der Waals surface area (Å²) in [6, 6.07) is 12.0. The molecule has 11 heteroatoms. The van der Waals surface area contributed by atoms with E-state index in [9.17, 15) is 14.4 Å². The molecule has 5 rings (SSSR count). The number of hydrogen-bond acceptors (Lipinski definition) is 8. The maximum atomic E-state index is 13.5. The average Bonchev–Trinajstić information content (AvgIpc) is 3.54. The number of amides is 3. The third-order valence-corrected chi connectivity index (χ3v) is 7.91. The third-order valence-electron chi connectivity index (χ3n) is 6.60. The minimum atomic E-state index is -0.684. The molecule has 0 fully saturated rings. The molecule has 0 radical (unpaired) electrons. The number of amidine groups is 2. The second kappa shape index (κ2) is 11.9. The van der Waals surface area contributed by atoms with E-state index in [4.69, 9.17) is 19.5 Å². The molecule has 3 heterocycles. The highest BCUT2D eigenvalue weighted by Gasteiger charge is 2.42. The zero-order valence-corrected chi connectivity index (χ0v) is 22.8. The van der Waals surface area contributed by atoms with Crippen LogP contribution >= 0.6 is 11.8 Å². The summed E-state index contributed by atoms with van der Waals surface area (Å²) in [7, 11) is 0. The summed E-state index contributed by atoms with van der Waals surface area (Å²) in [6.07, 6.45) is 2.94. The predicted molar refractivity (Wildman–Crippen MR) is 151 cm³/mol. The second-order valence-electron chi connectivity index (χ2n) is 9.37. The van der Waals surface area contributed by atoms with Crippen LogP contribution in [-0.4, -0.2) is 58.3 Å². The van der Waals surface area contributed by atoms with Gasteiger partial charge >= 0.3 is 0 Å². The van der Waals surface area contributed by atoms with Gasteiger partial charge in [0, 0.05) is 30.3 Å². The number of thioether (sulfide) groups is 1. The van der Waals surface area contributed by atoms with Crippen LogP contribution in [0.3, 0.4) is 0 Å². The smallest absolute Gasteiger partial charge is 0.259 e. The molecule has 10 nitrogen and oxygen atoms in total. The van der Waals surface area contributed by atoms with Crippen LogP contribution in [0.25, 0.3) is 0 Å². The van der Waals surface area contributed by atoms with Crippen LogP contribution in [0, 0.1) is 0 Å². The molecule has 2 aromatic carbocycles. The monoisotopic (exact) mass is 549 g/mol. The van der Waals surface area contributed by atoms with Crippen molar-refractivity contribution in [1.29, 1.82) is 0 Å². The highest BCUT2D eigenvalue weighted by molar-refractivity contribution is 8.15. The Bertz CT molecular complexity index is 1340. The molecule has 0 spiro atoms. The van der Waals surface area contributed by atoms with Crippen molar-refractivity contribution >= 4 is 51.9 Å². The standard InChI is InChI=1S/C28H31N5O5S/c1-3-5-14-29-24(34)13-11-20-27(36)33-25(31-20)18-8-6-7-9-19(18)32-28(33)39-23(4-2)26(35)30-17-10-12-21-22(15-17)38-16-37-21/h6-10,12,15,20,23H,3-5,11,13-14,16H2,1-2H3,(H,29,34)(H,30,35)/t20-,23+/m0/s1. The molecular weight excluding hydrogens is 518 g/mol. The van der Waals surface area contributed by atoms with E-state index in [-0.39, 0.29) is 30.9 Å². The zero-order chi connectivity index (χ0) is 27.4. The number of para-hydroxylation sites is 1. The molecule has 3 amide bonds. The Labute approximate surface area is 231 Å². The highest BCUT2D eigenvalue weighted by Crippen LogP contribution is 2.37. The fourth-order valence-electron chi connectivity index (χ4n) is 4.48. The number of anilines is 1. The van der Waals surface area contributed by atoms with Crippen molar-refractivity contribution in [3.05, 3.63) is 48.0 Å². The minimum absolute atomic E-state index is 0.0868. The first kappa shape index (κ1) is 26.7. The Balaban J connectivity index is 1.31. The summed E-state index contributed by atoms with van der Waals surface area (Å²) in [5.74, 6) is 1.19. The van der Waals surface area contributed by atoms with Crippen molar-refractivity contribution in [2.75, 3.05) is 18.7 Å². The van der Waals surface area contributed by atoms with Gasteiger partial charge in [0.2, 0.25) is 18.6 Å². The number of fused-ring (bicyclic) bond motifs is 4. The SMILES string of the molecule is CCCCNC(=O)CC[C@@H]1N=C2c3ccccc3N=C(S[C@H](CC)C(=O)Nc3ccc4c(c3)OCO4)N2C1=O. The molecule has 3 aliphatic rings. The van der Waals surface area contributed by atoms with Gasteiger partial charge in [-0.05, 0) is 43.5 Å². The van der Waals surface area contributed by atoms with E-state index < -0.39 is 11.3 Å². The number of hydrogen-bond donors (Lipinski definition) is 2. The van der Waals surface area contributed by atoms with Crippen molar-refractivity contribution in [1.82, 2.24) is 10.2 Å². The first-order chi connectivity index (χ1) is 19.0. The highest BCUT2D eigenvalue weighted by atomic mass is 32.2. The van der Waals surface area contributed by atoms with Crippen LogP contribution in [0.5, 0.6) is 11.5 Å². The van der Waals surface area contributed by atoms with Crippen molar-refractivity contribution in [3.8, 4) is 11.5 Å². The summed E-state index contributed by atoms with van der Waals surface area (Å²) in [4.78, 5) is 50.0. The van der Waals surface area contributed by atoms with Gasteiger partial charge in [0.15, 0.2) is 16.7 Å². The molecule has 2 atom stereocenters. The van der Waals surface area contributed by atoms with Crippen molar-refractivity contribution in [3.63, 3.8) is 0 Å². The summed E-state index contributed by atoms with van der Waals surface area (Å²) < 4.78 is 10.8. The van der Waals surface area contributed by atoms with E-state index in [1.165, 1.54) is 16.7 Å². The first-order valence-electron chi connectivity index (χ1n) is 13.2. The van der Waals surface area contributed by atoms with Crippen molar-refractivity contribution in [2.24, 2.45) is 9.98 Å². The zero-order valence-electron chi connectivity index (χ0n) is 21.9. The molecule has 2 aromatic rings. The summed E-state index contributed by atoms with van der Waals surface area (Å²) in [5, 5.41) is 5.71. The van der Waals surface area contributed by atoms with Gasteiger partial charge in [-0.2, -0.15) is 0 Å². The fraction of sp³-hybridized carbons (Fsp3) is 0.393. The van der Waals surface area contributed by atoms with E-state index in [0.29, 0.717) is 53.3 Å². The second-order valence-corrected chi connectivity index (χ2v) is 10.5. The van der Waals surface area contributed by atoms with Crippen molar-refractivity contribution < 1.29 is 23.9 Å². The lowest BCUT2D eigenvalue weighted by atomic mass is 10.1. The number of carbonyl (C=O) groups excluding carboxylic acids is 3. The normalized spacial score (nSPS) is 17.6. The maximum Gasteiger partial charge on any atom is 0.259 e. The van der Waals surface area contributed by atoms with E-state index in [1.807, 2.05) is 31.2 Å². The molecule has 39 heavy (non-hydrogen) atoms. The fourth-order valence-corrected chi connectivity index (χ4v) is 5.50. The summed E-state index contributed by atoms with van der Waals surface area (Å²) >= 11 is 1.23. The molecule has 0 unspecified atom stereocenters. The Morgan fingerprint density at radius 3 is 2.79 bits per heavy atom. The Morgan fingerprint density at radius 2 is 1.97 bits per heavy atom. The molecule has 0 aliphatic carbocycles. The molecule has 3 aliphatic heterocycles. The van der Waals surface area contributed by atoms with Crippen molar-refractivity contribution in [2.45, 2.75) is 57.2 Å². The predicted octanol–water partition coefficient (Wildman–Crippen LogP) is 4.22. The molecular formula is C28H31N5O5S. The quantitative estimate of drug-likeness (QED) is 0.428. The molecule has 2 N–H and O–H groups in total. The molecule has 0 aromatic heterocycles. The minimum Gasteiger partial charge on any atom is -0.454 e. The van der Waals surface area contributed by atoms with Gasteiger partial charge in [-0.3, -0.25) is 19.4 Å². The number of nitrogens with zero attached hydrogens (tertiary/aromatic N) is 3. The summed E-state index contributed by atoms with van der Waals surface area (Å²) in [5.41, 5.74) is 2.03. The molecule has 0 bridgehead atoms. The Morgan fingerprint density at radius 1 is 1.15 bits per heavy atom. The largest absolute Gasteiger partial charge is 0.454 e. The topological polar surface area (TPSA) is 122 Å². The Hall–Kier alpha value is -3.86. The van der Waals surface area contributed by atoms with Gasteiger partial charge in [-0.1, -0.05) is 44.2 Å². The van der Waals surface area contributed by atoms with E-state index in [0.717, 1.165) is 18.4 Å². The number of unbranched alkanes of at least 4 members (excludes halogenated alkanes) is 1. The lowest BCUT2D eigenvalue weighted by Crippen LogP contribution is -2.42. The van der Waals surface area contributed by atoms with Crippen LogP contribution < -0.4 is 20.1 Å². The third kappa shape index (κ3) is 5.78. The number of carbonyl (C=O) groups is 3. The molecule has 0 saturated heterocycles. The Kier molecular flexibility index (Phi) is 8.16. The maximum absolute atomic E-state index is 13.5. The van der Waals surface area contributed by atoms with Crippen LogP contribution in [0.2, 0.25) is 0 Å². The number of nitrogens with one attached hydrogen (secondary N) is 2. The van der Waals surface area contributed by atoms with Crippen LogP contribution in [0.4, 0.5) is 11.4 Å². The number of rotatable bonds is 10. The first-order valence-corrected chi connectivity index (χ1v) is 14.1. The molecule has 0 saturated carbocycles. The van der Waals surface area contributed by atoms with Gasteiger partial charge < -0.3 is 20.1 Å². The van der Waals surface area contributed by atoms with Gasteiger partial charge in [-0.25, -0.2) is 9.89 Å². The number of benzene rings is 2.